The minimum atomic E-state index is -0.544. The molecule has 0 radical (unpaired) electrons. The Morgan fingerprint density at radius 2 is 1.02 bits per heavy atom. The molecule has 0 bridgehead atoms. The minimum absolute atomic E-state index is 0.544. The van der Waals surface area contributed by atoms with Crippen LogP contribution in [0.15, 0.2) is 170 Å². The summed E-state index contributed by atoms with van der Waals surface area (Å²) in [6.07, 6.45) is 4.48. The van der Waals surface area contributed by atoms with Crippen LogP contribution in [0.3, 0.4) is 0 Å². The van der Waals surface area contributed by atoms with Gasteiger partial charge in [-0.15, -0.1) is 0 Å². The van der Waals surface area contributed by atoms with Crippen molar-refractivity contribution in [2.24, 2.45) is 0 Å². The smallest absolute Gasteiger partial charge is 0.164 e. The zero-order valence-corrected chi connectivity index (χ0v) is 27.0. The Labute approximate surface area is 290 Å². The van der Waals surface area contributed by atoms with Gasteiger partial charge < -0.3 is 10.1 Å². The third-order valence-corrected chi connectivity index (χ3v) is 9.99. The Kier molecular flexibility index (Phi) is 6.39. The highest BCUT2D eigenvalue weighted by Crippen LogP contribution is 2.61. The number of allylic oxidation sites excluding steroid dienone is 3. The summed E-state index contributed by atoms with van der Waals surface area (Å²) in [5.41, 5.74) is 11.7. The SMILES string of the molecule is C1=CC2=C(NC1)C1(c3ccccc3Oc3ccccc31)c1cc(-c3cccc(-c4nc(-c5ccccc5)nc(-c5ccccc5)n4)c3)ccc12. The van der Waals surface area contributed by atoms with E-state index in [2.05, 4.69) is 108 Å². The minimum Gasteiger partial charge on any atom is -0.457 e. The van der Waals surface area contributed by atoms with E-state index in [0.717, 1.165) is 57.0 Å². The molecule has 1 N–H and O–H groups in total. The number of benzene rings is 6. The number of ether oxygens (including phenoxy) is 1. The number of para-hydroxylation sites is 2. The monoisotopic (exact) mass is 642 g/mol. The van der Waals surface area contributed by atoms with Crippen LogP contribution in [0, 0.1) is 0 Å². The Bertz CT molecular complexity index is 2420. The number of hydrogen-bond acceptors (Lipinski definition) is 5. The van der Waals surface area contributed by atoms with Crippen LogP contribution in [-0.2, 0) is 5.41 Å². The van der Waals surface area contributed by atoms with Gasteiger partial charge in [0.15, 0.2) is 17.5 Å². The molecular formula is C45H30N4O. The molecule has 5 nitrogen and oxygen atoms in total. The van der Waals surface area contributed by atoms with Crippen LogP contribution >= 0.6 is 0 Å². The number of aromatic nitrogens is 3. The number of nitrogens with zero attached hydrogens (tertiary/aromatic N) is 3. The Balaban J connectivity index is 1.15. The molecule has 3 heterocycles. The second-order valence-corrected chi connectivity index (χ2v) is 12.8. The lowest BCUT2D eigenvalue weighted by Crippen LogP contribution is -2.39. The first kappa shape index (κ1) is 28.4. The molecule has 236 valence electrons. The van der Waals surface area contributed by atoms with Crippen LogP contribution in [0.1, 0.15) is 22.3 Å². The van der Waals surface area contributed by atoms with Crippen molar-refractivity contribution in [1.29, 1.82) is 0 Å². The quantitative estimate of drug-likeness (QED) is 0.207. The van der Waals surface area contributed by atoms with E-state index in [1.807, 2.05) is 60.7 Å². The zero-order chi connectivity index (χ0) is 33.1. The normalized spacial score (nSPS) is 14.6. The van der Waals surface area contributed by atoms with Gasteiger partial charge in [-0.1, -0.05) is 140 Å². The van der Waals surface area contributed by atoms with Gasteiger partial charge in [-0.2, -0.15) is 0 Å². The molecule has 0 saturated heterocycles. The highest BCUT2D eigenvalue weighted by molar-refractivity contribution is 5.93. The van der Waals surface area contributed by atoms with Gasteiger partial charge in [0.25, 0.3) is 0 Å². The van der Waals surface area contributed by atoms with Crippen LogP contribution in [0.25, 0.3) is 50.9 Å². The fraction of sp³-hybridized carbons (Fsp3) is 0.0444. The van der Waals surface area contributed by atoms with Gasteiger partial charge in [0.05, 0.1) is 5.41 Å². The third-order valence-electron chi connectivity index (χ3n) is 9.99. The van der Waals surface area contributed by atoms with Gasteiger partial charge in [-0.05, 0) is 46.5 Å². The fourth-order valence-corrected chi connectivity index (χ4v) is 7.81. The summed E-state index contributed by atoms with van der Waals surface area (Å²) < 4.78 is 6.53. The Morgan fingerprint density at radius 1 is 0.480 bits per heavy atom. The van der Waals surface area contributed by atoms with Crippen molar-refractivity contribution in [1.82, 2.24) is 20.3 Å². The van der Waals surface area contributed by atoms with Crippen LogP contribution in [0.5, 0.6) is 11.5 Å². The lowest BCUT2D eigenvalue weighted by Gasteiger charge is -2.41. The van der Waals surface area contributed by atoms with Crippen LogP contribution in [-0.4, -0.2) is 21.5 Å². The lowest BCUT2D eigenvalue weighted by molar-refractivity contribution is 0.429. The number of hydrogen-bond donors (Lipinski definition) is 1. The van der Waals surface area contributed by atoms with Crippen molar-refractivity contribution in [2.45, 2.75) is 5.41 Å². The van der Waals surface area contributed by atoms with E-state index in [-0.39, 0.29) is 0 Å². The number of dihydropyridines is 1. The molecule has 7 aromatic rings. The molecular weight excluding hydrogens is 613 g/mol. The van der Waals surface area contributed by atoms with Crippen molar-refractivity contribution < 1.29 is 4.74 Å². The summed E-state index contributed by atoms with van der Waals surface area (Å²) in [6, 6.07) is 52.5. The van der Waals surface area contributed by atoms with E-state index in [4.69, 9.17) is 19.7 Å². The van der Waals surface area contributed by atoms with Crippen molar-refractivity contribution >= 4 is 5.57 Å². The number of nitrogens with one attached hydrogen (secondary N) is 1. The van der Waals surface area contributed by atoms with E-state index in [1.54, 1.807) is 0 Å². The van der Waals surface area contributed by atoms with Crippen LogP contribution < -0.4 is 10.1 Å². The maximum Gasteiger partial charge on any atom is 0.164 e. The average molecular weight is 643 g/mol. The standard InChI is InChI=1S/C45H30N4O/c1-3-13-29(14-4-1)42-47-43(30-15-5-2-6-16-30)49-44(48-42)33-18-11-17-31(27-33)32-24-25-34-35-19-12-26-46-41(35)45(38(34)28-32)36-20-7-9-22-39(36)50-40-23-10-8-21-37(40)45/h1-25,27-28,46H,26H2. The molecule has 1 aromatic heterocycles. The second-order valence-electron chi connectivity index (χ2n) is 12.8. The number of rotatable bonds is 4. The highest BCUT2D eigenvalue weighted by Gasteiger charge is 2.52. The van der Waals surface area contributed by atoms with Gasteiger partial charge in [0.1, 0.15) is 11.5 Å². The average Bonchev–Trinajstić information content (AvgIpc) is 3.48. The van der Waals surface area contributed by atoms with Gasteiger partial charge >= 0.3 is 0 Å². The Morgan fingerprint density at radius 3 is 1.68 bits per heavy atom. The second kappa shape index (κ2) is 11.2. The van der Waals surface area contributed by atoms with Crippen molar-refractivity contribution in [3.8, 4) is 56.8 Å². The van der Waals surface area contributed by atoms with E-state index >= 15 is 0 Å². The molecule has 0 atom stereocenters. The topological polar surface area (TPSA) is 59.9 Å². The molecule has 2 aliphatic heterocycles. The van der Waals surface area contributed by atoms with E-state index < -0.39 is 5.41 Å². The van der Waals surface area contributed by atoms with Crippen molar-refractivity contribution in [3.63, 3.8) is 0 Å². The predicted octanol–water partition coefficient (Wildman–Crippen LogP) is 9.86. The zero-order valence-electron chi connectivity index (χ0n) is 27.0. The van der Waals surface area contributed by atoms with Gasteiger partial charge in [0, 0.05) is 45.6 Å². The molecule has 0 fully saturated rings. The van der Waals surface area contributed by atoms with E-state index in [9.17, 15) is 0 Å². The summed E-state index contributed by atoms with van der Waals surface area (Å²) >= 11 is 0. The fourth-order valence-electron chi connectivity index (χ4n) is 7.81. The Hall–Kier alpha value is -6.59. The van der Waals surface area contributed by atoms with Crippen molar-refractivity contribution in [2.75, 3.05) is 6.54 Å². The van der Waals surface area contributed by atoms with Gasteiger partial charge in [0.2, 0.25) is 0 Å². The van der Waals surface area contributed by atoms with E-state index in [0.29, 0.717) is 17.5 Å². The van der Waals surface area contributed by atoms with Crippen LogP contribution in [0.4, 0.5) is 0 Å². The molecule has 5 heteroatoms. The molecule has 0 amide bonds. The summed E-state index contributed by atoms with van der Waals surface area (Å²) in [4.78, 5) is 14.9. The van der Waals surface area contributed by atoms with Crippen LogP contribution in [0.2, 0.25) is 0 Å². The maximum atomic E-state index is 6.53. The molecule has 1 aliphatic carbocycles. The largest absolute Gasteiger partial charge is 0.457 e. The summed E-state index contributed by atoms with van der Waals surface area (Å²) in [5, 5.41) is 3.81. The predicted molar refractivity (Wildman–Crippen MR) is 198 cm³/mol. The molecule has 50 heavy (non-hydrogen) atoms. The van der Waals surface area contributed by atoms with E-state index in [1.165, 1.54) is 22.4 Å². The summed E-state index contributed by atoms with van der Waals surface area (Å²) in [7, 11) is 0. The first-order valence-corrected chi connectivity index (χ1v) is 16.9. The molecule has 1 spiro atoms. The summed E-state index contributed by atoms with van der Waals surface area (Å²) in [5.74, 6) is 3.69. The van der Waals surface area contributed by atoms with Gasteiger partial charge in [-0.25, -0.2) is 15.0 Å². The molecule has 3 aliphatic rings. The maximum absolute atomic E-state index is 6.53. The number of fused-ring (bicyclic) bond motifs is 8. The molecule has 0 saturated carbocycles. The molecule has 0 unspecified atom stereocenters. The summed E-state index contributed by atoms with van der Waals surface area (Å²) in [6.45, 7) is 0.774. The first-order chi connectivity index (χ1) is 24.8. The molecule has 6 aromatic carbocycles. The highest BCUT2D eigenvalue weighted by atomic mass is 16.5. The lowest BCUT2D eigenvalue weighted by atomic mass is 9.67. The molecule has 10 rings (SSSR count). The van der Waals surface area contributed by atoms with Gasteiger partial charge in [-0.3, -0.25) is 0 Å². The third kappa shape index (κ3) is 4.30. The first-order valence-electron chi connectivity index (χ1n) is 16.9. The van der Waals surface area contributed by atoms with Crippen molar-refractivity contribution in [3.05, 3.63) is 192 Å².